The Bertz CT molecular complexity index is 472. The molecule has 0 spiro atoms. The zero-order valence-electron chi connectivity index (χ0n) is 10.2. The van der Waals surface area contributed by atoms with Gasteiger partial charge in [0.25, 0.3) is 0 Å². The van der Waals surface area contributed by atoms with Gasteiger partial charge in [0, 0.05) is 21.2 Å². The van der Waals surface area contributed by atoms with Crippen molar-refractivity contribution in [3.05, 3.63) is 52.9 Å². The van der Waals surface area contributed by atoms with Crippen LogP contribution < -0.4 is 5.32 Å². The molecular weight excluding hydrogens is 310 g/mol. The number of benzene rings is 1. The van der Waals surface area contributed by atoms with Gasteiger partial charge in [0.15, 0.2) is 0 Å². The highest BCUT2D eigenvalue weighted by Crippen LogP contribution is 2.23. The van der Waals surface area contributed by atoms with Gasteiger partial charge in [-0.05, 0) is 43.3 Å². The van der Waals surface area contributed by atoms with E-state index in [1.54, 1.807) is 6.26 Å². The second-order valence-electron chi connectivity index (χ2n) is 4.09. The number of thioether (sulfide) groups is 1. The molecule has 1 heterocycles. The van der Waals surface area contributed by atoms with Crippen LogP contribution in [0.5, 0.6) is 0 Å². The Balaban J connectivity index is 1.87. The fourth-order valence-corrected chi connectivity index (χ4v) is 3.31. The van der Waals surface area contributed by atoms with Crippen LogP contribution in [0.1, 0.15) is 5.56 Å². The Hall–Kier alpha value is -0.710. The molecule has 0 fully saturated rings. The smallest absolute Gasteiger partial charge is 0.0935 e. The van der Waals surface area contributed by atoms with Crippen LogP contribution in [0, 0.1) is 0 Å². The molecule has 96 valence electrons. The predicted octanol–water partition coefficient (Wildman–Crippen LogP) is 3.96. The van der Waals surface area contributed by atoms with Crippen molar-refractivity contribution in [1.82, 2.24) is 5.32 Å². The van der Waals surface area contributed by atoms with Crippen molar-refractivity contribution in [2.45, 2.75) is 17.4 Å². The predicted molar refractivity (Wildman–Crippen MR) is 80.1 cm³/mol. The highest BCUT2D eigenvalue weighted by atomic mass is 79.9. The maximum absolute atomic E-state index is 5.10. The van der Waals surface area contributed by atoms with E-state index in [1.165, 1.54) is 10.5 Å². The largest absolute Gasteiger partial charge is 0.472 e. The number of nitrogens with one attached hydrogen (secondary N) is 1. The summed E-state index contributed by atoms with van der Waals surface area (Å²) in [4.78, 5) is 1.29. The molecule has 1 aromatic carbocycles. The van der Waals surface area contributed by atoms with Gasteiger partial charge in [0.2, 0.25) is 0 Å². The Morgan fingerprint density at radius 2 is 2.28 bits per heavy atom. The second-order valence-corrected chi connectivity index (χ2v) is 6.10. The lowest BCUT2D eigenvalue weighted by Gasteiger charge is -2.14. The first-order valence-corrected chi connectivity index (χ1v) is 7.62. The quantitative estimate of drug-likeness (QED) is 0.814. The minimum atomic E-state index is 0.451. The minimum absolute atomic E-state index is 0.451. The van der Waals surface area contributed by atoms with Gasteiger partial charge in [0.1, 0.15) is 0 Å². The summed E-state index contributed by atoms with van der Waals surface area (Å²) in [5.74, 6) is 1.04. The minimum Gasteiger partial charge on any atom is -0.472 e. The fourth-order valence-electron chi connectivity index (χ4n) is 1.69. The zero-order valence-corrected chi connectivity index (χ0v) is 12.6. The number of hydrogen-bond donors (Lipinski definition) is 1. The molecule has 1 aromatic heterocycles. The Labute approximate surface area is 120 Å². The molecule has 0 radical (unpaired) electrons. The van der Waals surface area contributed by atoms with Crippen molar-refractivity contribution in [3.8, 4) is 0 Å². The molecule has 0 aliphatic heterocycles. The highest BCUT2D eigenvalue weighted by Gasteiger charge is 2.09. The maximum atomic E-state index is 5.10. The summed E-state index contributed by atoms with van der Waals surface area (Å²) >= 11 is 5.36. The van der Waals surface area contributed by atoms with Crippen LogP contribution in [0.4, 0.5) is 0 Å². The molecular formula is C14H16BrNOS. The van der Waals surface area contributed by atoms with Gasteiger partial charge < -0.3 is 9.73 Å². The van der Waals surface area contributed by atoms with E-state index in [1.807, 2.05) is 37.2 Å². The average molecular weight is 326 g/mol. The molecule has 0 aliphatic carbocycles. The van der Waals surface area contributed by atoms with Crippen LogP contribution in [0.2, 0.25) is 0 Å². The molecule has 1 N–H and O–H groups in total. The first-order chi connectivity index (χ1) is 8.78. The number of rotatable bonds is 6. The average Bonchev–Trinajstić information content (AvgIpc) is 2.87. The normalized spacial score (nSPS) is 12.6. The van der Waals surface area contributed by atoms with Crippen LogP contribution >= 0.6 is 27.7 Å². The molecule has 2 rings (SSSR count). The Morgan fingerprint density at radius 1 is 1.39 bits per heavy atom. The van der Waals surface area contributed by atoms with E-state index < -0.39 is 0 Å². The standard InChI is InChI=1S/C14H16BrNOS/c1-16-13(7-11-5-6-17-9-11)10-18-14-4-2-3-12(15)8-14/h2-6,8-9,13,16H,7,10H2,1H3. The summed E-state index contributed by atoms with van der Waals surface area (Å²) in [5, 5.41) is 3.35. The third kappa shape index (κ3) is 4.19. The second kappa shape index (κ2) is 7.02. The van der Waals surface area contributed by atoms with Crippen LogP contribution in [0.15, 0.2) is 56.6 Å². The SMILES string of the molecule is CNC(CSc1cccc(Br)c1)Cc1ccoc1. The summed E-state index contributed by atoms with van der Waals surface area (Å²) in [5.41, 5.74) is 1.24. The molecule has 2 nitrogen and oxygen atoms in total. The van der Waals surface area contributed by atoms with E-state index >= 15 is 0 Å². The van der Waals surface area contributed by atoms with Crippen LogP contribution in [-0.2, 0) is 6.42 Å². The number of hydrogen-bond acceptors (Lipinski definition) is 3. The van der Waals surface area contributed by atoms with Gasteiger partial charge in [-0.15, -0.1) is 11.8 Å². The van der Waals surface area contributed by atoms with Crippen molar-refractivity contribution < 1.29 is 4.42 Å². The van der Waals surface area contributed by atoms with Gasteiger partial charge in [-0.3, -0.25) is 0 Å². The van der Waals surface area contributed by atoms with Crippen molar-refractivity contribution in [2.24, 2.45) is 0 Å². The summed E-state index contributed by atoms with van der Waals surface area (Å²) in [6, 6.07) is 10.9. The van der Waals surface area contributed by atoms with Crippen LogP contribution in [0.25, 0.3) is 0 Å². The van der Waals surface area contributed by atoms with Crippen LogP contribution in [-0.4, -0.2) is 18.8 Å². The maximum Gasteiger partial charge on any atom is 0.0935 e. The number of halogens is 1. The summed E-state index contributed by atoms with van der Waals surface area (Å²) in [6.07, 6.45) is 4.53. The third-order valence-corrected chi connectivity index (χ3v) is 4.37. The first-order valence-electron chi connectivity index (χ1n) is 5.84. The zero-order chi connectivity index (χ0) is 12.8. The van der Waals surface area contributed by atoms with E-state index in [2.05, 4.69) is 39.4 Å². The number of furan rings is 1. The van der Waals surface area contributed by atoms with Crippen LogP contribution in [0.3, 0.4) is 0 Å². The first kappa shape index (κ1) is 13.7. The Kier molecular flexibility index (Phi) is 5.35. The lowest BCUT2D eigenvalue weighted by Crippen LogP contribution is -2.29. The van der Waals surface area contributed by atoms with E-state index in [4.69, 9.17) is 4.42 Å². The molecule has 1 atom stereocenters. The lowest BCUT2D eigenvalue weighted by molar-refractivity contribution is 0.556. The van der Waals surface area contributed by atoms with Gasteiger partial charge in [0.05, 0.1) is 12.5 Å². The van der Waals surface area contributed by atoms with E-state index in [-0.39, 0.29) is 0 Å². The molecule has 18 heavy (non-hydrogen) atoms. The Morgan fingerprint density at radius 3 is 2.94 bits per heavy atom. The summed E-state index contributed by atoms with van der Waals surface area (Å²) < 4.78 is 6.23. The molecule has 0 aliphatic rings. The highest BCUT2D eigenvalue weighted by molar-refractivity contribution is 9.10. The monoisotopic (exact) mass is 325 g/mol. The van der Waals surface area contributed by atoms with Crippen molar-refractivity contribution in [3.63, 3.8) is 0 Å². The van der Waals surface area contributed by atoms with E-state index in [0.29, 0.717) is 6.04 Å². The third-order valence-electron chi connectivity index (χ3n) is 2.72. The molecule has 0 amide bonds. The van der Waals surface area contributed by atoms with Crippen molar-refractivity contribution >= 4 is 27.7 Å². The van der Waals surface area contributed by atoms with Gasteiger partial charge >= 0.3 is 0 Å². The van der Waals surface area contributed by atoms with Gasteiger partial charge in [-0.1, -0.05) is 22.0 Å². The van der Waals surface area contributed by atoms with Crippen molar-refractivity contribution in [2.75, 3.05) is 12.8 Å². The van der Waals surface area contributed by atoms with Gasteiger partial charge in [-0.2, -0.15) is 0 Å². The van der Waals surface area contributed by atoms with E-state index in [9.17, 15) is 0 Å². The van der Waals surface area contributed by atoms with Gasteiger partial charge in [-0.25, -0.2) is 0 Å². The molecule has 0 bridgehead atoms. The number of likely N-dealkylation sites (N-methyl/N-ethyl adjacent to an activating group) is 1. The molecule has 4 heteroatoms. The van der Waals surface area contributed by atoms with Crippen molar-refractivity contribution in [1.29, 1.82) is 0 Å². The molecule has 1 unspecified atom stereocenters. The van der Waals surface area contributed by atoms with E-state index in [0.717, 1.165) is 16.6 Å². The fraction of sp³-hybridized carbons (Fsp3) is 0.286. The molecule has 0 saturated carbocycles. The molecule has 0 saturated heterocycles. The lowest BCUT2D eigenvalue weighted by atomic mass is 10.1. The summed E-state index contributed by atoms with van der Waals surface area (Å²) in [7, 11) is 2.01. The summed E-state index contributed by atoms with van der Waals surface area (Å²) in [6.45, 7) is 0. The molecule has 2 aromatic rings. The topological polar surface area (TPSA) is 25.2 Å².